The van der Waals surface area contributed by atoms with E-state index in [0.29, 0.717) is 6.54 Å². The van der Waals surface area contributed by atoms with Gasteiger partial charge in [0.05, 0.1) is 17.5 Å². The van der Waals surface area contributed by atoms with Gasteiger partial charge in [-0.05, 0) is 31.6 Å². The van der Waals surface area contributed by atoms with Crippen LogP contribution >= 0.6 is 11.6 Å². The van der Waals surface area contributed by atoms with Gasteiger partial charge < -0.3 is 14.8 Å². The van der Waals surface area contributed by atoms with Crippen LogP contribution in [0.25, 0.3) is 16.5 Å². The number of carbonyl (C=O) groups excluding carboxylic acids is 1. The van der Waals surface area contributed by atoms with E-state index in [1.807, 2.05) is 24.8 Å². The number of hydrogen-bond donors (Lipinski definition) is 1. The highest BCUT2D eigenvalue weighted by atomic mass is 35.5. The summed E-state index contributed by atoms with van der Waals surface area (Å²) in [6.07, 6.45) is 4.28. The fourth-order valence-corrected chi connectivity index (χ4v) is 4.23. The van der Waals surface area contributed by atoms with Crippen LogP contribution in [0.3, 0.4) is 0 Å². The molecular weight excluding hydrogens is 322 g/mol. The number of hydrogen-bond acceptors (Lipinski definition) is 2. The highest BCUT2D eigenvalue weighted by Crippen LogP contribution is 2.38. The summed E-state index contributed by atoms with van der Waals surface area (Å²) in [5.74, 6) is 0.119. The van der Waals surface area contributed by atoms with Gasteiger partial charge in [-0.1, -0.05) is 23.7 Å². The van der Waals surface area contributed by atoms with Gasteiger partial charge in [0.15, 0.2) is 0 Å². The van der Waals surface area contributed by atoms with Gasteiger partial charge in [-0.15, -0.1) is 0 Å². The summed E-state index contributed by atoms with van der Waals surface area (Å²) in [5, 5.41) is 5.45. The van der Waals surface area contributed by atoms with E-state index >= 15 is 0 Å². The molecule has 1 amide bonds. The van der Waals surface area contributed by atoms with Crippen LogP contribution in [0.15, 0.2) is 30.5 Å². The van der Waals surface area contributed by atoms with E-state index in [2.05, 4.69) is 34.3 Å². The second-order valence-corrected chi connectivity index (χ2v) is 6.93. The molecule has 1 aromatic heterocycles. The van der Waals surface area contributed by atoms with E-state index in [4.69, 9.17) is 11.6 Å². The first-order chi connectivity index (χ1) is 11.6. The van der Waals surface area contributed by atoms with Crippen molar-refractivity contribution in [3.05, 3.63) is 41.1 Å². The molecular formula is C19H22ClN3O. The lowest BCUT2D eigenvalue weighted by atomic mass is 9.86. The monoisotopic (exact) mass is 343 g/mol. The Labute approximate surface area is 147 Å². The lowest BCUT2D eigenvalue weighted by Crippen LogP contribution is -2.47. The summed E-state index contributed by atoms with van der Waals surface area (Å²) in [6.45, 7) is 7.16. The molecule has 4 nitrogen and oxygen atoms in total. The number of rotatable bonds is 3. The molecule has 3 heterocycles. The Kier molecular flexibility index (Phi) is 3.89. The first-order valence-electron chi connectivity index (χ1n) is 8.65. The fourth-order valence-electron chi connectivity index (χ4n) is 4.01. The minimum atomic E-state index is -0.0941. The van der Waals surface area contributed by atoms with Crippen molar-refractivity contribution in [3.63, 3.8) is 0 Å². The van der Waals surface area contributed by atoms with Crippen LogP contribution in [0.4, 0.5) is 0 Å². The zero-order valence-corrected chi connectivity index (χ0v) is 14.8. The maximum Gasteiger partial charge on any atom is 0.230 e. The molecule has 2 atom stereocenters. The third-order valence-corrected chi connectivity index (χ3v) is 5.62. The Morgan fingerprint density at radius 1 is 1.33 bits per heavy atom. The van der Waals surface area contributed by atoms with Gasteiger partial charge in [-0.25, -0.2) is 0 Å². The van der Waals surface area contributed by atoms with Gasteiger partial charge in [0.25, 0.3) is 0 Å². The van der Waals surface area contributed by atoms with Crippen LogP contribution in [0.1, 0.15) is 19.4 Å². The number of nitrogens with zero attached hydrogens (tertiary/aromatic N) is 2. The van der Waals surface area contributed by atoms with Gasteiger partial charge >= 0.3 is 0 Å². The predicted molar refractivity (Wildman–Crippen MR) is 98.1 cm³/mol. The minimum Gasteiger partial charge on any atom is -0.345 e. The number of fused-ring (bicyclic) bond motifs is 2. The Bertz CT molecular complexity index is 834. The lowest BCUT2D eigenvalue weighted by molar-refractivity contribution is -0.133. The van der Waals surface area contributed by atoms with Gasteiger partial charge in [0, 0.05) is 48.3 Å². The van der Waals surface area contributed by atoms with Crippen molar-refractivity contribution in [2.45, 2.75) is 26.4 Å². The summed E-state index contributed by atoms with van der Waals surface area (Å²) >= 11 is 6.35. The number of carbonyl (C=O) groups is 1. The zero-order valence-electron chi connectivity index (χ0n) is 14.1. The molecule has 5 heteroatoms. The number of nitrogens with one attached hydrogen (secondary N) is 1. The molecule has 0 spiro atoms. The Morgan fingerprint density at radius 3 is 2.88 bits per heavy atom. The fraction of sp³-hybridized carbons (Fsp3) is 0.421. The van der Waals surface area contributed by atoms with Gasteiger partial charge in [-0.3, -0.25) is 4.79 Å². The summed E-state index contributed by atoms with van der Waals surface area (Å²) in [7, 11) is 0. The van der Waals surface area contributed by atoms with Crippen molar-refractivity contribution in [2.75, 3.05) is 19.6 Å². The number of aromatic nitrogens is 1. The quantitative estimate of drug-likeness (QED) is 0.929. The molecule has 2 aliphatic rings. The molecule has 0 fully saturated rings. The maximum absolute atomic E-state index is 12.7. The van der Waals surface area contributed by atoms with Crippen molar-refractivity contribution >= 4 is 34.0 Å². The van der Waals surface area contributed by atoms with Crippen LogP contribution in [0.2, 0.25) is 5.02 Å². The number of halogens is 1. The van der Waals surface area contributed by atoms with Crippen LogP contribution in [0.5, 0.6) is 0 Å². The highest BCUT2D eigenvalue weighted by Gasteiger charge is 2.33. The van der Waals surface area contributed by atoms with Crippen LogP contribution < -0.4 is 5.32 Å². The van der Waals surface area contributed by atoms with E-state index in [1.165, 1.54) is 16.7 Å². The maximum atomic E-state index is 12.7. The zero-order chi connectivity index (χ0) is 16.8. The molecule has 24 heavy (non-hydrogen) atoms. The summed E-state index contributed by atoms with van der Waals surface area (Å²) < 4.78 is 2.26. The molecule has 2 aliphatic heterocycles. The molecule has 4 rings (SSSR count). The lowest BCUT2D eigenvalue weighted by Gasteiger charge is -2.35. The largest absolute Gasteiger partial charge is 0.345 e. The average Bonchev–Trinajstić information content (AvgIpc) is 3.03. The average molecular weight is 344 g/mol. The Hall–Kier alpha value is -1.78. The van der Waals surface area contributed by atoms with Crippen LogP contribution in [-0.2, 0) is 11.3 Å². The first-order valence-corrected chi connectivity index (χ1v) is 9.03. The van der Waals surface area contributed by atoms with Crippen molar-refractivity contribution < 1.29 is 4.79 Å². The SMILES string of the molecule is CCN(CC)C(=O)[C@@H]1C=C2c3ccc(Cl)c4ccn(c34)CC2NC1. The van der Waals surface area contributed by atoms with E-state index in [0.717, 1.165) is 30.0 Å². The van der Waals surface area contributed by atoms with Gasteiger partial charge in [0.2, 0.25) is 5.91 Å². The second-order valence-electron chi connectivity index (χ2n) is 6.53. The van der Waals surface area contributed by atoms with Crippen molar-refractivity contribution in [1.82, 2.24) is 14.8 Å². The minimum absolute atomic E-state index is 0.0941. The van der Waals surface area contributed by atoms with Crippen molar-refractivity contribution in [2.24, 2.45) is 5.92 Å². The Morgan fingerprint density at radius 2 is 2.12 bits per heavy atom. The Balaban J connectivity index is 1.79. The van der Waals surface area contributed by atoms with E-state index in [1.54, 1.807) is 0 Å². The van der Waals surface area contributed by atoms with Crippen molar-refractivity contribution in [1.29, 1.82) is 0 Å². The molecule has 0 saturated heterocycles. The molecule has 0 aliphatic carbocycles. The van der Waals surface area contributed by atoms with E-state index in [9.17, 15) is 4.79 Å². The standard InChI is InChI=1S/C19H22ClN3O/c1-3-22(4-2)19(24)12-9-15-13-5-6-16(20)14-7-8-23(18(13)14)11-17(15)21-10-12/h5-9,12,17,21H,3-4,10-11H2,1-2H3/t12-,17?/m1/s1. The molecule has 1 N–H and O–H groups in total. The van der Waals surface area contributed by atoms with E-state index in [-0.39, 0.29) is 17.9 Å². The smallest absolute Gasteiger partial charge is 0.230 e. The number of amides is 1. The van der Waals surface area contributed by atoms with Gasteiger partial charge in [-0.2, -0.15) is 0 Å². The summed E-state index contributed by atoms with van der Waals surface area (Å²) in [6, 6.07) is 6.39. The van der Waals surface area contributed by atoms with Crippen molar-refractivity contribution in [3.8, 4) is 0 Å². The molecule has 0 bridgehead atoms. The van der Waals surface area contributed by atoms with Gasteiger partial charge in [0.1, 0.15) is 0 Å². The summed E-state index contributed by atoms with van der Waals surface area (Å²) in [4.78, 5) is 14.7. The molecule has 126 valence electrons. The van der Waals surface area contributed by atoms with Crippen LogP contribution in [0, 0.1) is 5.92 Å². The van der Waals surface area contributed by atoms with E-state index < -0.39 is 0 Å². The molecule has 1 aromatic carbocycles. The normalized spacial score (nSPS) is 22.2. The molecule has 1 unspecified atom stereocenters. The second kappa shape index (κ2) is 5.94. The predicted octanol–water partition coefficient (Wildman–Crippen LogP) is 3.15. The number of benzene rings is 1. The topological polar surface area (TPSA) is 37.3 Å². The molecule has 0 saturated carbocycles. The van der Waals surface area contributed by atoms with Crippen LogP contribution in [-0.4, -0.2) is 41.1 Å². The third kappa shape index (κ3) is 2.28. The first kappa shape index (κ1) is 15.7. The molecule has 0 radical (unpaired) electrons. The summed E-state index contributed by atoms with van der Waals surface area (Å²) in [5.41, 5.74) is 3.61. The third-order valence-electron chi connectivity index (χ3n) is 5.30. The molecule has 2 aromatic rings. The highest BCUT2D eigenvalue weighted by molar-refractivity contribution is 6.35.